The summed E-state index contributed by atoms with van der Waals surface area (Å²) in [6.45, 7) is 4.85. The number of benzene rings is 1. The minimum absolute atomic E-state index is 0.0681. The first-order chi connectivity index (χ1) is 10.2. The second kappa shape index (κ2) is 6.78. The minimum Gasteiger partial charge on any atom is -0.370 e. The molecule has 1 N–H and O–H groups in total. The van der Waals surface area contributed by atoms with Gasteiger partial charge in [-0.05, 0) is 13.3 Å². The molecule has 110 valence electrons. The number of rotatable bonds is 6. The molecule has 0 atom stereocenters. The third kappa shape index (κ3) is 3.34. The highest BCUT2D eigenvalue weighted by atomic mass is 16.6. The normalized spacial score (nSPS) is 10.4. The maximum atomic E-state index is 10.9. The van der Waals surface area contributed by atoms with Crippen molar-refractivity contribution < 1.29 is 4.92 Å². The van der Waals surface area contributed by atoms with Crippen molar-refractivity contribution in [2.45, 2.75) is 26.7 Å². The van der Waals surface area contributed by atoms with E-state index < -0.39 is 4.92 Å². The second-order valence-electron chi connectivity index (χ2n) is 4.64. The number of hydrogen-bond acceptors (Lipinski definition) is 5. The fraction of sp³-hybridized carbons (Fsp3) is 0.333. The largest absolute Gasteiger partial charge is 0.370 e. The van der Waals surface area contributed by atoms with E-state index in [9.17, 15) is 10.1 Å². The van der Waals surface area contributed by atoms with Gasteiger partial charge < -0.3 is 5.32 Å². The lowest BCUT2D eigenvalue weighted by Gasteiger charge is -2.13. The number of aromatic nitrogens is 2. The van der Waals surface area contributed by atoms with E-state index in [1.165, 1.54) is 12.4 Å². The number of nitro groups is 1. The van der Waals surface area contributed by atoms with Crippen LogP contribution in [0.5, 0.6) is 0 Å². The van der Waals surface area contributed by atoms with Crippen molar-refractivity contribution in [1.29, 1.82) is 0 Å². The van der Waals surface area contributed by atoms with Gasteiger partial charge in [-0.1, -0.05) is 25.5 Å². The SMILES string of the molecule is CCCc1c(NCC)ncnc1-c1cccc([N+](=O)[O-])c1. The predicted octanol–water partition coefficient (Wildman–Crippen LogP) is 3.44. The van der Waals surface area contributed by atoms with Crippen LogP contribution in [0.15, 0.2) is 30.6 Å². The number of hydrogen-bond donors (Lipinski definition) is 1. The molecule has 0 bridgehead atoms. The van der Waals surface area contributed by atoms with Crippen molar-refractivity contribution in [3.63, 3.8) is 0 Å². The zero-order valence-electron chi connectivity index (χ0n) is 12.2. The lowest BCUT2D eigenvalue weighted by molar-refractivity contribution is -0.384. The number of anilines is 1. The van der Waals surface area contributed by atoms with Crippen molar-refractivity contribution in [1.82, 2.24) is 9.97 Å². The maximum absolute atomic E-state index is 10.9. The first kappa shape index (κ1) is 14.9. The highest BCUT2D eigenvalue weighted by Gasteiger charge is 2.14. The van der Waals surface area contributed by atoms with E-state index in [0.29, 0.717) is 0 Å². The summed E-state index contributed by atoms with van der Waals surface area (Å²) in [6, 6.07) is 6.55. The summed E-state index contributed by atoms with van der Waals surface area (Å²) in [7, 11) is 0. The molecule has 0 unspecified atom stereocenters. The summed E-state index contributed by atoms with van der Waals surface area (Å²) in [5, 5.41) is 14.1. The molecule has 0 saturated carbocycles. The molecule has 6 heteroatoms. The molecule has 2 aromatic rings. The van der Waals surface area contributed by atoms with E-state index in [4.69, 9.17) is 0 Å². The fourth-order valence-electron chi connectivity index (χ4n) is 2.23. The van der Waals surface area contributed by atoms with Gasteiger partial charge in [-0.15, -0.1) is 0 Å². The summed E-state index contributed by atoms with van der Waals surface area (Å²) >= 11 is 0. The number of nitro benzene ring substituents is 1. The van der Waals surface area contributed by atoms with E-state index in [0.717, 1.165) is 42.0 Å². The zero-order chi connectivity index (χ0) is 15.2. The van der Waals surface area contributed by atoms with E-state index in [1.54, 1.807) is 12.1 Å². The van der Waals surface area contributed by atoms with Gasteiger partial charge in [0.15, 0.2) is 0 Å². The Kier molecular flexibility index (Phi) is 4.81. The molecule has 0 spiro atoms. The average molecular weight is 286 g/mol. The van der Waals surface area contributed by atoms with Gasteiger partial charge in [-0.25, -0.2) is 9.97 Å². The standard InChI is InChI=1S/C15H18N4O2/c1-3-6-13-14(17-10-18-15(13)16-4-2)11-7-5-8-12(9-11)19(20)21/h5,7-10H,3-4,6H2,1-2H3,(H,16,17,18). The fourth-order valence-corrected chi connectivity index (χ4v) is 2.23. The van der Waals surface area contributed by atoms with Gasteiger partial charge in [-0.2, -0.15) is 0 Å². The second-order valence-corrected chi connectivity index (χ2v) is 4.64. The first-order valence-electron chi connectivity index (χ1n) is 7.00. The van der Waals surface area contributed by atoms with Crippen LogP contribution in [0.3, 0.4) is 0 Å². The monoisotopic (exact) mass is 286 g/mol. The highest BCUT2D eigenvalue weighted by Crippen LogP contribution is 2.29. The Balaban J connectivity index is 2.54. The molecule has 0 fully saturated rings. The molecule has 1 aromatic heterocycles. The van der Waals surface area contributed by atoms with Crippen LogP contribution in [-0.4, -0.2) is 21.4 Å². The summed E-state index contributed by atoms with van der Waals surface area (Å²) in [4.78, 5) is 19.1. The molecule has 0 aliphatic heterocycles. The maximum Gasteiger partial charge on any atom is 0.270 e. The van der Waals surface area contributed by atoms with Crippen LogP contribution in [0, 0.1) is 10.1 Å². The Hall–Kier alpha value is -2.50. The van der Waals surface area contributed by atoms with Crippen LogP contribution in [0.4, 0.5) is 11.5 Å². The topological polar surface area (TPSA) is 81.0 Å². The van der Waals surface area contributed by atoms with Crippen molar-refractivity contribution in [2.75, 3.05) is 11.9 Å². The molecule has 6 nitrogen and oxygen atoms in total. The lowest BCUT2D eigenvalue weighted by atomic mass is 10.0. The van der Waals surface area contributed by atoms with Gasteiger partial charge >= 0.3 is 0 Å². The number of nitrogens with one attached hydrogen (secondary N) is 1. The van der Waals surface area contributed by atoms with Crippen molar-refractivity contribution in [3.05, 3.63) is 46.3 Å². The molecule has 0 amide bonds. The molecule has 1 heterocycles. The van der Waals surface area contributed by atoms with Gasteiger partial charge in [0.05, 0.1) is 10.6 Å². The molecule has 2 rings (SSSR count). The minimum atomic E-state index is -0.393. The van der Waals surface area contributed by atoms with Crippen LogP contribution in [0.25, 0.3) is 11.3 Å². The molecule has 0 radical (unpaired) electrons. The Morgan fingerprint density at radius 2 is 2.10 bits per heavy atom. The van der Waals surface area contributed by atoms with E-state index in [2.05, 4.69) is 22.2 Å². The van der Waals surface area contributed by atoms with Crippen molar-refractivity contribution >= 4 is 11.5 Å². The van der Waals surface area contributed by atoms with Crippen molar-refractivity contribution in [3.8, 4) is 11.3 Å². The molecule has 1 aromatic carbocycles. The highest BCUT2D eigenvalue weighted by molar-refractivity contribution is 5.70. The van der Waals surface area contributed by atoms with E-state index in [1.807, 2.05) is 13.0 Å². The third-order valence-electron chi connectivity index (χ3n) is 3.12. The summed E-state index contributed by atoms with van der Waals surface area (Å²) < 4.78 is 0. The third-order valence-corrected chi connectivity index (χ3v) is 3.12. The first-order valence-corrected chi connectivity index (χ1v) is 7.00. The predicted molar refractivity (Wildman–Crippen MR) is 82.3 cm³/mol. The molecule has 0 aliphatic carbocycles. The number of nitrogens with zero attached hydrogens (tertiary/aromatic N) is 3. The Labute approximate surface area is 123 Å². The Bertz CT molecular complexity index is 643. The van der Waals surface area contributed by atoms with Crippen LogP contribution >= 0.6 is 0 Å². The summed E-state index contributed by atoms with van der Waals surface area (Å²) in [5.41, 5.74) is 2.57. The van der Waals surface area contributed by atoms with E-state index in [-0.39, 0.29) is 5.69 Å². The van der Waals surface area contributed by atoms with Gasteiger partial charge in [0.25, 0.3) is 5.69 Å². The smallest absolute Gasteiger partial charge is 0.270 e. The van der Waals surface area contributed by atoms with Gasteiger partial charge in [0, 0.05) is 29.8 Å². The lowest BCUT2D eigenvalue weighted by Crippen LogP contribution is -2.06. The van der Waals surface area contributed by atoms with Gasteiger partial charge in [0.2, 0.25) is 0 Å². The average Bonchev–Trinajstić information content (AvgIpc) is 2.49. The Morgan fingerprint density at radius 1 is 1.29 bits per heavy atom. The molecule has 21 heavy (non-hydrogen) atoms. The van der Waals surface area contributed by atoms with Crippen LogP contribution in [-0.2, 0) is 6.42 Å². The molecule has 0 saturated heterocycles. The van der Waals surface area contributed by atoms with Crippen LogP contribution in [0.1, 0.15) is 25.8 Å². The zero-order valence-corrected chi connectivity index (χ0v) is 12.2. The van der Waals surface area contributed by atoms with Crippen molar-refractivity contribution in [2.24, 2.45) is 0 Å². The molecular weight excluding hydrogens is 268 g/mol. The van der Waals surface area contributed by atoms with E-state index >= 15 is 0 Å². The Morgan fingerprint density at radius 3 is 2.76 bits per heavy atom. The van der Waals surface area contributed by atoms with Crippen LogP contribution < -0.4 is 5.32 Å². The molecular formula is C15H18N4O2. The number of non-ortho nitro benzene ring substituents is 1. The van der Waals surface area contributed by atoms with Crippen LogP contribution in [0.2, 0.25) is 0 Å². The van der Waals surface area contributed by atoms with Gasteiger partial charge in [0.1, 0.15) is 12.1 Å². The molecule has 0 aliphatic rings. The quantitative estimate of drug-likeness (QED) is 0.650. The summed E-state index contributed by atoms with van der Waals surface area (Å²) in [6.07, 6.45) is 3.26. The summed E-state index contributed by atoms with van der Waals surface area (Å²) in [5.74, 6) is 0.802. The van der Waals surface area contributed by atoms with Gasteiger partial charge in [-0.3, -0.25) is 10.1 Å².